The van der Waals surface area contributed by atoms with Gasteiger partial charge >= 0.3 is 6.09 Å². The molecule has 1 fully saturated rings. The van der Waals surface area contributed by atoms with E-state index in [1.807, 2.05) is 6.92 Å². The third kappa shape index (κ3) is 3.51. The molecule has 0 bridgehead atoms. The van der Waals surface area contributed by atoms with Crippen molar-refractivity contribution >= 4 is 6.09 Å². The number of hydrogen-bond acceptors (Lipinski definition) is 4. The van der Waals surface area contributed by atoms with Crippen molar-refractivity contribution in [1.82, 2.24) is 4.90 Å². The third-order valence-electron chi connectivity index (χ3n) is 1.97. The molecule has 1 amide bonds. The van der Waals surface area contributed by atoms with Gasteiger partial charge in [0.15, 0.2) is 0 Å². The molecule has 5 nitrogen and oxygen atoms in total. The summed E-state index contributed by atoms with van der Waals surface area (Å²) >= 11 is 0. The van der Waals surface area contributed by atoms with Crippen LogP contribution in [0.1, 0.15) is 6.92 Å². The van der Waals surface area contributed by atoms with Crippen molar-refractivity contribution in [1.29, 1.82) is 0 Å². The molecule has 0 aromatic rings. The number of rotatable bonds is 3. The first kappa shape index (κ1) is 11.3. The standard InChI is InChI=1S/C9H17NO4/c1-8(7-12-2)14-9(11)10-3-5-13-6-4-10/h8H,3-7H2,1-2H3. The van der Waals surface area contributed by atoms with Gasteiger partial charge in [-0.05, 0) is 6.92 Å². The molecule has 1 aliphatic rings. The summed E-state index contributed by atoms with van der Waals surface area (Å²) in [7, 11) is 1.58. The Morgan fingerprint density at radius 3 is 2.71 bits per heavy atom. The second-order valence-corrected chi connectivity index (χ2v) is 3.25. The first-order chi connectivity index (χ1) is 6.74. The summed E-state index contributed by atoms with van der Waals surface area (Å²) in [5.41, 5.74) is 0. The van der Waals surface area contributed by atoms with E-state index in [4.69, 9.17) is 14.2 Å². The Balaban J connectivity index is 2.25. The maximum absolute atomic E-state index is 11.5. The van der Waals surface area contributed by atoms with Crippen molar-refractivity contribution in [2.24, 2.45) is 0 Å². The zero-order chi connectivity index (χ0) is 10.4. The Morgan fingerprint density at radius 2 is 2.14 bits per heavy atom. The van der Waals surface area contributed by atoms with Gasteiger partial charge in [0.05, 0.1) is 19.8 Å². The predicted octanol–water partition coefficient (Wildman–Crippen LogP) is 0.490. The number of carbonyl (C=O) groups is 1. The van der Waals surface area contributed by atoms with E-state index in [0.29, 0.717) is 32.9 Å². The van der Waals surface area contributed by atoms with E-state index < -0.39 is 0 Å². The zero-order valence-corrected chi connectivity index (χ0v) is 8.69. The third-order valence-corrected chi connectivity index (χ3v) is 1.97. The van der Waals surface area contributed by atoms with Gasteiger partial charge in [-0.3, -0.25) is 0 Å². The van der Waals surface area contributed by atoms with Gasteiger partial charge < -0.3 is 19.1 Å². The fourth-order valence-electron chi connectivity index (χ4n) is 1.26. The molecule has 1 saturated heterocycles. The van der Waals surface area contributed by atoms with Crippen LogP contribution in [0.5, 0.6) is 0 Å². The Hall–Kier alpha value is -0.810. The summed E-state index contributed by atoms with van der Waals surface area (Å²) in [5.74, 6) is 0. The highest BCUT2D eigenvalue weighted by Crippen LogP contribution is 2.02. The molecule has 0 aromatic carbocycles. The van der Waals surface area contributed by atoms with Gasteiger partial charge in [-0.1, -0.05) is 0 Å². The van der Waals surface area contributed by atoms with Crippen LogP contribution in [0.15, 0.2) is 0 Å². The SMILES string of the molecule is COCC(C)OC(=O)N1CCOCC1. The van der Waals surface area contributed by atoms with E-state index in [1.165, 1.54) is 0 Å². The number of nitrogens with zero attached hydrogens (tertiary/aromatic N) is 1. The minimum atomic E-state index is -0.280. The van der Waals surface area contributed by atoms with Crippen LogP contribution in [0.2, 0.25) is 0 Å². The lowest BCUT2D eigenvalue weighted by molar-refractivity contribution is -0.000690. The largest absolute Gasteiger partial charge is 0.444 e. The molecular weight excluding hydrogens is 186 g/mol. The van der Waals surface area contributed by atoms with Crippen LogP contribution < -0.4 is 0 Å². The molecule has 0 radical (unpaired) electrons. The van der Waals surface area contributed by atoms with E-state index in [2.05, 4.69) is 0 Å². The van der Waals surface area contributed by atoms with E-state index in [9.17, 15) is 4.79 Å². The van der Waals surface area contributed by atoms with Gasteiger partial charge in [0.1, 0.15) is 6.10 Å². The molecule has 1 aliphatic heterocycles. The van der Waals surface area contributed by atoms with Crippen LogP contribution in [0, 0.1) is 0 Å². The predicted molar refractivity (Wildman–Crippen MR) is 50.2 cm³/mol. The molecule has 0 aromatic heterocycles. The normalized spacial score (nSPS) is 19.1. The molecule has 1 unspecified atom stereocenters. The zero-order valence-electron chi connectivity index (χ0n) is 8.69. The molecule has 1 atom stereocenters. The lowest BCUT2D eigenvalue weighted by Crippen LogP contribution is -2.42. The average Bonchev–Trinajstić information content (AvgIpc) is 2.19. The number of hydrogen-bond donors (Lipinski definition) is 0. The summed E-state index contributed by atoms with van der Waals surface area (Å²) in [6.07, 6.45) is -0.479. The average molecular weight is 203 g/mol. The topological polar surface area (TPSA) is 48.0 Å². The molecule has 5 heteroatoms. The van der Waals surface area contributed by atoms with Crippen molar-refractivity contribution in [3.05, 3.63) is 0 Å². The highest BCUT2D eigenvalue weighted by atomic mass is 16.6. The minimum Gasteiger partial charge on any atom is -0.444 e. The molecule has 14 heavy (non-hydrogen) atoms. The second kappa shape index (κ2) is 5.82. The molecule has 1 rings (SSSR count). The Kier molecular flexibility index (Phi) is 4.69. The summed E-state index contributed by atoms with van der Waals surface area (Å²) in [6.45, 7) is 4.64. The van der Waals surface area contributed by atoms with Crippen molar-refractivity contribution in [3.8, 4) is 0 Å². The van der Waals surface area contributed by atoms with Crippen LogP contribution in [0.3, 0.4) is 0 Å². The summed E-state index contributed by atoms with van der Waals surface area (Å²) < 4.78 is 15.1. The Bertz CT molecular complexity index is 180. The van der Waals surface area contributed by atoms with Gasteiger partial charge in [0, 0.05) is 20.2 Å². The van der Waals surface area contributed by atoms with E-state index in [-0.39, 0.29) is 12.2 Å². The van der Waals surface area contributed by atoms with Crippen LogP contribution in [0.4, 0.5) is 4.79 Å². The van der Waals surface area contributed by atoms with Crippen molar-refractivity contribution < 1.29 is 19.0 Å². The molecule has 0 aliphatic carbocycles. The first-order valence-electron chi connectivity index (χ1n) is 4.76. The van der Waals surface area contributed by atoms with Crippen molar-refractivity contribution in [2.45, 2.75) is 13.0 Å². The molecule has 0 N–H and O–H groups in total. The molecule has 1 heterocycles. The van der Waals surface area contributed by atoms with E-state index >= 15 is 0 Å². The van der Waals surface area contributed by atoms with Gasteiger partial charge in [0.2, 0.25) is 0 Å². The lowest BCUT2D eigenvalue weighted by Gasteiger charge is -2.27. The number of amides is 1. The van der Waals surface area contributed by atoms with Crippen molar-refractivity contribution in [2.75, 3.05) is 40.0 Å². The van der Waals surface area contributed by atoms with Crippen LogP contribution >= 0.6 is 0 Å². The van der Waals surface area contributed by atoms with Crippen LogP contribution in [-0.4, -0.2) is 57.1 Å². The molecule has 0 saturated carbocycles. The van der Waals surface area contributed by atoms with Crippen LogP contribution in [-0.2, 0) is 14.2 Å². The maximum Gasteiger partial charge on any atom is 0.410 e. The van der Waals surface area contributed by atoms with E-state index in [0.717, 1.165) is 0 Å². The number of ether oxygens (including phenoxy) is 3. The number of morpholine rings is 1. The van der Waals surface area contributed by atoms with Gasteiger partial charge in [0.25, 0.3) is 0 Å². The number of methoxy groups -OCH3 is 1. The van der Waals surface area contributed by atoms with Crippen molar-refractivity contribution in [3.63, 3.8) is 0 Å². The highest BCUT2D eigenvalue weighted by Gasteiger charge is 2.19. The summed E-state index contributed by atoms with van der Waals surface area (Å²) in [4.78, 5) is 13.1. The molecule has 0 spiro atoms. The maximum atomic E-state index is 11.5. The van der Waals surface area contributed by atoms with Gasteiger partial charge in [-0.2, -0.15) is 0 Å². The number of carbonyl (C=O) groups excluding carboxylic acids is 1. The second-order valence-electron chi connectivity index (χ2n) is 3.25. The van der Waals surface area contributed by atoms with Crippen LogP contribution in [0.25, 0.3) is 0 Å². The molecular formula is C9H17NO4. The van der Waals surface area contributed by atoms with E-state index in [1.54, 1.807) is 12.0 Å². The van der Waals surface area contributed by atoms with Gasteiger partial charge in [-0.15, -0.1) is 0 Å². The Labute approximate surface area is 83.9 Å². The first-order valence-corrected chi connectivity index (χ1v) is 4.76. The quantitative estimate of drug-likeness (QED) is 0.669. The minimum absolute atomic E-state index is 0.199. The Morgan fingerprint density at radius 1 is 1.50 bits per heavy atom. The van der Waals surface area contributed by atoms with Gasteiger partial charge in [-0.25, -0.2) is 4.79 Å². The summed E-state index contributed by atoms with van der Waals surface area (Å²) in [5, 5.41) is 0. The molecule has 82 valence electrons. The monoisotopic (exact) mass is 203 g/mol. The fourth-order valence-corrected chi connectivity index (χ4v) is 1.26. The smallest absolute Gasteiger partial charge is 0.410 e. The summed E-state index contributed by atoms with van der Waals surface area (Å²) in [6, 6.07) is 0. The fraction of sp³-hybridized carbons (Fsp3) is 0.889. The lowest BCUT2D eigenvalue weighted by atomic mass is 10.4. The highest BCUT2D eigenvalue weighted by molar-refractivity contribution is 5.67.